The van der Waals surface area contributed by atoms with Crippen molar-refractivity contribution >= 4 is 28.7 Å². The van der Waals surface area contributed by atoms with Gasteiger partial charge in [-0.2, -0.15) is 0 Å². The highest BCUT2D eigenvalue weighted by Gasteiger charge is 2.29. The Morgan fingerprint density at radius 2 is 1.91 bits per heavy atom. The van der Waals surface area contributed by atoms with E-state index in [2.05, 4.69) is 22.2 Å². The van der Waals surface area contributed by atoms with E-state index in [-0.39, 0.29) is 11.7 Å². The number of nitrogens with one attached hydrogen (secondary N) is 2. The molecule has 1 aromatic carbocycles. The van der Waals surface area contributed by atoms with Crippen molar-refractivity contribution in [2.75, 3.05) is 45.7 Å². The number of fused-ring (bicyclic) bond motifs is 1. The van der Waals surface area contributed by atoms with E-state index in [1.165, 1.54) is 7.11 Å². The lowest BCUT2D eigenvalue weighted by Crippen LogP contribution is -2.47. The summed E-state index contributed by atoms with van der Waals surface area (Å²) in [5.41, 5.74) is 3.05. The number of anilines is 1. The van der Waals surface area contributed by atoms with Crippen LogP contribution in [0, 0.1) is 6.92 Å². The van der Waals surface area contributed by atoms with Gasteiger partial charge in [0.15, 0.2) is 10.7 Å². The number of hydrogen-bond acceptors (Lipinski definition) is 6. The molecule has 2 aromatic rings. The molecule has 1 amide bonds. The SMILES string of the molecule is COc1ccc([S+]([O-])N2CCN(C)CC2)cc1NC(=O)c1[nH]c(C)c2c1CCCCC2=O. The smallest absolute Gasteiger partial charge is 0.272 e. The molecule has 172 valence electrons. The van der Waals surface area contributed by atoms with Crippen molar-refractivity contribution in [1.29, 1.82) is 0 Å². The standard InChI is InChI=1S/C23H30N4O4S/c1-15-21-17(6-4-5-7-19(21)28)22(24-15)23(29)25-18-14-16(8-9-20(18)31-3)32(30)27-12-10-26(2)11-13-27/h8-9,14,24H,4-7,10-13H2,1-3H3,(H,25,29). The van der Waals surface area contributed by atoms with Crippen molar-refractivity contribution in [1.82, 2.24) is 14.2 Å². The molecule has 32 heavy (non-hydrogen) atoms. The van der Waals surface area contributed by atoms with Crippen LogP contribution in [0.15, 0.2) is 23.1 Å². The Hall–Kier alpha value is -2.33. The first-order valence-corrected chi connectivity index (χ1v) is 12.1. The van der Waals surface area contributed by atoms with Crippen molar-refractivity contribution in [3.63, 3.8) is 0 Å². The molecule has 2 aliphatic rings. The first kappa shape index (κ1) is 22.8. The molecule has 2 N–H and O–H groups in total. The molecule has 4 rings (SSSR count). The van der Waals surface area contributed by atoms with E-state index in [1.807, 2.05) is 11.2 Å². The molecule has 1 fully saturated rings. The highest BCUT2D eigenvalue weighted by atomic mass is 32.2. The normalized spacial score (nSPS) is 18.7. The Kier molecular flexibility index (Phi) is 6.90. The topological polar surface area (TPSA) is 101 Å². The highest BCUT2D eigenvalue weighted by molar-refractivity contribution is 7.89. The number of carbonyl (C=O) groups is 2. The number of hydrogen-bond donors (Lipinski definition) is 2. The fourth-order valence-corrected chi connectivity index (χ4v) is 5.59. The quantitative estimate of drug-likeness (QED) is 0.528. The molecule has 2 heterocycles. The molecule has 1 aliphatic carbocycles. The number of piperazine rings is 1. The van der Waals surface area contributed by atoms with Crippen molar-refractivity contribution < 1.29 is 18.9 Å². The lowest BCUT2D eigenvalue weighted by Gasteiger charge is -2.32. The van der Waals surface area contributed by atoms with Gasteiger partial charge in [-0.05, 0) is 50.9 Å². The van der Waals surface area contributed by atoms with Crippen LogP contribution in [0.25, 0.3) is 0 Å². The molecule has 1 aromatic heterocycles. The fraction of sp³-hybridized carbons (Fsp3) is 0.478. The minimum absolute atomic E-state index is 0.0902. The van der Waals surface area contributed by atoms with E-state index in [9.17, 15) is 14.1 Å². The Bertz CT molecular complexity index is 1010. The van der Waals surface area contributed by atoms with Crippen LogP contribution in [-0.4, -0.2) is 70.8 Å². The van der Waals surface area contributed by atoms with Crippen LogP contribution in [0.4, 0.5) is 5.69 Å². The number of rotatable bonds is 5. The molecule has 1 atom stereocenters. The van der Waals surface area contributed by atoms with Gasteiger partial charge in [0.2, 0.25) is 0 Å². The highest BCUT2D eigenvalue weighted by Crippen LogP contribution is 2.31. The molecule has 0 saturated carbocycles. The maximum Gasteiger partial charge on any atom is 0.272 e. The number of Topliss-reactive ketones (excluding diaryl/α,β-unsaturated/α-hetero) is 1. The monoisotopic (exact) mass is 458 g/mol. The van der Waals surface area contributed by atoms with Gasteiger partial charge < -0.3 is 24.5 Å². The third kappa shape index (κ3) is 4.56. The molecule has 1 aliphatic heterocycles. The van der Waals surface area contributed by atoms with E-state index in [0.29, 0.717) is 40.4 Å². The largest absolute Gasteiger partial charge is 0.593 e. The van der Waals surface area contributed by atoms with Gasteiger partial charge in [0, 0.05) is 36.8 Å². The number of likely N-dealkylation sites (N-methyl/N-ethyl adjacent to an activating group) is 1. The number of aryl methyl sites for hydroxylation is 1. The molecule has 1 saturated heterocycles. The van der Waals surface area contributed by atoms with Gasteiger partial charge in [-0.3, -0.25) is 9.59 Å². The van der Waals surface area contributed by atoms with Gasteiger partial charge in [0.1, 0.15) is 11.4 Å². The summed E-state index contributed by atoms with van der Waals surface area (Å²) in [4.78, 5) is 31.6. The third-order valence-electron chi connectivity index (χ3n) is 6.20. The maximum atomic E-state index is 13.2. The summed E-state index contributed by atoms with van der Waals surface area (Å²) in [6.45, 7) is 5.00. The van der Waals surface area contributed by atoms with Gasteiger partial charge >= 0.3 is 0 Å². The van der Waals surface area contributed by atoms with Crippen LogP contribution in [0.3, 0.4) is 0 Å². The molecule has 8 nitrogen and oxygen atoms in total. The van der Waals surface area contributed by atoms with Crippen LogP contribution in [0.2, 0.25) is 0 Å². The molecular formula is C23H30N4O4S. The van der Waals surface area contributed by atoms with E-state index >= 15 is 0 Å². The lowest BCUT2D eigenvalue weighted by molar-refractivity contribution is 0.0981. The molecular weight excluding hydrogens is 428 g/mol. The number of amides is 1. The van der Waals surface area contributed by atoms with Crippen LogP contribution >= 0.6 is 0 Å². The average Bonchev–Trinajstić information content (AvgIpc) is 3.00. The Morgan fingerprint density at radius 1 is 1.19 bits per heavy atom. The zero-order chi connectivity index (χ0) is 22.8. The minimum Gasteiger partial charge on any atom is -0.593 e. The van der Waals surface area contributed by atoms with Crippen LogP contribution < -0.4 is 10.1 Å². The van der Waals surface area contributed by atoms with Crippen molar-refractivity contribution in [2.45, 2.75) is 37.5 Å². The van der Waals surface area contributed by atoms with E-state index < -0.39 is 11.4 Å². The number of benzene rings is 1. The first-order valence-electron chi connectivity index (χ1n) is 11.0. The molecule has 1 unspecified atom stereocenters. The average molecular weight is 459 g/mol. The lowest BCUT2D eigenvalue weighted by atomic mass is 10.0. The zero-order valence-electron chi connectivity index (χ0n) is 18.8. The number of ketones is 1. The zero-order valence-corrected chi connectivity index (χ0v) is 19.6. The second-order valence-corrected chi connectivity index (χ2v) is 9.89. The number of methoxy groups -OCH3 is 1. The summed E-state index contributed by atoms with van der Waals surface area (Å²) >= 11 is -1.32. The predicted octanol–water partition coefficient (Wildman–Crippen LogP) is 2.76. The fourth-order valence-electron chi connectivity index (χ4n) is 4.39. The number of H-pyrrole nitrogens is 1. The van der Waals surface area contributed by atoms with Gasteiger partial charge in [0.25, 0.3) is 5.91 Å². The van der Waals surface area contributed by atoms with Crippen molar-refractivity contribution in [3.8, 4) is 5.75 Å². The summed E-state index contributed by atoms with van der Waals surface area (Å²) in [5, 5.41) is 2.91. The number of aromatic nitrogens is 1. The summed E-state index contributed by atoms with van der Waals surface area (Å²) in [6, 6.07) is 5.21. The second kappa shape index (κ2) is 9.66. The second-order valence-electron chi connectivity index (χ2n) is 8.41. The Morgan fingerprint density at radius 3 is 2.62 bits per heavy atom. The number of ether oxygens (including phenoxy) is 1. The van der Waals surface area contributed by atoms with E-state index in [4.69, 9.17) is 4.74 Å². The summed E-state index contributed by atoms with van der Waals surface area (Å²) in [7, 11) is 3.59. The molecule has 0 bridgehead atoms. The van der Waals surface area contributed by atoms with Gasteiger partial charge in [-0.25, -0.2) is 0 Å². The Balaban J connectivity index is 1.59. The van der Waals surface area contributed by atoms with Crippen LogP contribution in [0.5, 0.6) is 5.75 Å². The summed E-state index contributed by atoms with van der Waals surface area (Å²) in [5.74, 6) is 0.250. The van der Waals surface area contributed by atoms with Crippen LogP contribution in [0.1, 0.15) is 51.4 Å². The molecule has 9 heteroatoms. The van der Waals surface area contributed by atoms with Crippen LogP contribution in [-0.2, 0) is 17.8 Å². The predicted molar refractivity (Wildman–Crippen MR) is 124 cm³/mol. The Labute approximate surface area is 191 Å². The summed E-state index contributed by atoms with van der Waals surface area (Å²) in [6.07, 6.45) is 2.92. The van der Waals surface area contributed by atoms with Crippen molar-refractivity contribution in [2.24, 2.45) is 0 Å². The van der Waals surface area contributed by atoms with E-state index in [0.717, 1.165) is 50.3 Å². The number of carbonyl (C=O) groups excluding carboxylic acids is 2. The van der Waals surface area contributed by atoms with Gasteiger partial charge in [-0.15, -0.1) is 4.31 Å². The maximum absolute atomic E-state index is 13.2. The summed E-state index contributed by atoms with van der Waals surface area (Å²) < 4.78 is 20.5. The number of nitrogens with zero attached hydrogens (tertiary/aromatic N) is 2. The van der Waals surface area contributed by atoms with Gasteiger partial charge in [-0.1, -0.05) is 0 Å². The minimum atomic E-state index is -1.32. The number of aromatic amines is 1. The van der Waals surface area contributed by atoms with E-state index in [1.54, 1.807) is 18.2 Å². The van der Waals surface area contributed by atoms with Crippen molar-refractivity contribution in [3.05, 3.63) is 40.7 Å². The third-order valence-corrected chi connectivity index (χ3v) is 7.69. The molecule has 0 spiro atoms. The first-order chi connectivity index (χ1) is 15.4. The molecule has 0 radical (unpaired) electrons. The van der Waals surface area contributed by atoms with Gasteiger partial charge in [0.05, 0.1) is 37.2 Å².